The van der Waals surface area contributed by atoms with Crippen LogP contribution in [0.3, 0.4) is 0 Å². The maximum Gasteiger partial charge on any atom is 0.233 e. The number of halogens is 3. The predicted molar refractivity (Wildman–Crippen MR) is 95.0 cm³/mol. The maximum atomic E-state index is 13.9. The van der Waals surface area contributed by atoms with Crippen LogP contribution in [0.15, 0.2) is 12.1 Å². The minimum Gasteiger partial charge on any atom is -0.355 e. The molecule has 1 aliphatic rings. The number of thiazole rings is 1. The van der Waals surface area contributed by atoms with Gasteiger partial charge in [-0.3, -0.25) is 9.59 Å². The van der Waals surface area contributed by atoms with Gasteiger partial charge < -0.3 is 10.6 Å². The molecule has 1 fully saturated rings. The van der Waals surface area contributed by atoms with Gasteiger partial charge in [0.1, 0.15) is 0 Å². The number of anilines is 1. The summed E-state index contributed by atoms with van der Waals surface area (Å²) in [6.07, 6.45) is 0.749. The largest absolute Gasteiger partial charge is 0.355 e. The molecule has 2 N–H and O–H groups in total. The molecule has 2 amide bonds. The minimum atomic E-state index is -1.50. The van der Waals surface area contributed by atoms with Crippen LogP contribution in [0.25, 0.3) is 0 Å². The number of nitrogens with zero attached hydrogens (tertiary/aromatic N) is 1. The lowest BCUT2D eigenvalue weighted by atomic mass is 9.82. The second kappa shape index (κ2) is 7.30. The van der Waals surface area contributed by atoms with Crippen LogP contribution in [0.4, 0.5) is 18.3 Å². The van der Waals surface area contributed by atoms with Crippen molar-refractivity contribution in [2.24, 2.45) is 5.41 Å². The van der Waals surface area contributed by atoms with Gasteiger partial charge in [0.25, 0.3) is 0 Å². The van der Waals surface area contributed by atoms with Crippen LogP contribution in [0, 0.1) is 29.8 Å². The molecule has 9 heteroatoms. The molecule has 1 aliphatic heterocycles. The standard InChI is InChI=1S/C18H18F3N3O2S/c1-9-12(7-10-3-4-11(19)15(21)14(10)20)27-17(23-9)24-16(26)18(2)6-5-13(25)22-8-18/h3-4H,5-8H2,1-2H3,(H,22,25)(H,23,24,26)/t18-/m0/s1. The molecule has 1 atom stereocenters. The SMILES string of the molecule is Cc1nc(NC(=O)[C@@]2(C)CCC(=O)NC2)sc1Cc1ccc(F)c(F)c1F. The average molecular weight is 397 g/mol. The van der Waals surface area contributed by atoms with Crippen molar-refractivity contribution in [2.75, 3.05) is 11.9 Å². The third kappa shape index (κ3) is 3.97. The molecule has 0 saturated carbocycles. The zero-order valence-electron chi connectivity index (χ0n) is 14.8. The Morgan fingerprint density at radius 1 is 1.33 bits per heavy atom. The molecule has 0 bridgehead atoms. The summed E-state index contributed by atoms with van der Waals surface area (Å²) in [5.74, 6) is -4.31. The van der Waals surface area contributed by atoms with Gasteiger partial charge in [-0.25, -0.2) is 18.2 Å². The van der Waals surface area contributed by atoms with Crippen molar-refractivity contribution in [3.63, 3.8) is 0 Å². The summed E-state index contributed by atoms with van der Waals surface area (Å²) < 4.78 is 40.3. The second-order valence-corrected chi connectivity index (χ2v) is 7.91. The first kappa shape index (κ1) is 19.3. The fourth-order valence-electron chi connectivity index (χ4n) is 2.82. The van der Waals surface area contributed by atoms with Crippen LogP contribution >= 0.6 is 11.3 Å². The normalized spacial score (nSPS) is 19.7. The van der Waals surface area contributed by atoms with E-state index < -0.39 is 22.9 Å². The van der Waals surface area contributed by atoms with Gasteiger partial charge in [0, 0.05) is 24.3 Å². The van der Waals surface area contributed by atoms with E-state index in [0.29, 0.717) is 22.1 Å². The number of carbonyl (C=O) groups excluding carboxylic acids is 2. The summed E-state index contributed by atoms with van der Waals surface area (Å²) in [5, 5.41) is 5.76. The number of amides is 2. The van der Waals surface area contributed by atoms with E-state index in [9.17, 15) is 22.8 Å². The molecule has 0 unspecified atom stereocenters. The summed E-state index contributed by atoms with van der Waals surface area (Å²) in [4.78, 5) is 28.8. The van der Waals surface area contributed by atoms with E-state index in [1.807, 2.05) is 0 Å². The highest BCUT2D eigenvalue weighted by Gasteiger charge is 2.37. The number of nitrogens with one attached hydrogen (secondary N) is 2. The quantitative estimate of drug-likeness (QED) is 0.778. The van der Waals surface area contributed by atoms with Crippen LogP contribution < -0.4 is 10.6 Å². The van der Waals surface area contributed by atoms with Gasteiger partial charge in [-0.2, -0.15) is 0 Å². The molecular formula is C18H18F3N3O2S. The molecule has 2 aromatic rings. The Morgan fingerprint density at radius 2 is 2.07 bits per heavy atom. The maximum absolute atomic E-state index is 13.9. The van der Waals surface area contributed by atoms with Crippen molar-refractivity contribution in [2.45, 2.75) is 33.1 Å². The van der Waals surface area contributed by atoms with E-state index in [4.69, 9.17) is 0 Å². The predicted octanol–water partition coefficient (Wildman–Crippen LogP) is 3.31. The number of piperidine rings is 1. The number of aryl methyl sites for hydroxylation is 1. The van der Waals surface area contributed by atoms with E-state index in [1.165, 1.54) is 6.07 Å². The molecule has 2 heterocycles. The van der Waals surface area contributed by atoms with Gasteiger partial charge in [0.15, 0.2) is 22.6 Å². The summed E-state index contributed by atoms with van der Waals surface area (Å²) in [5.41, 5.74) is -0.151. The van der Waals surface area contributed by atoms with Crippen molar-refractivity contribution in [3.8, 4) is 0 Å². The number of benzene rings is 1. The molecule has 1 aromatic heterocycles. The lowest BCUT2D eigenvalue weighted by Gasteiger charge is -2.31. The first-order valence-corrected chi connectivity index (χ1v) is 9.18. The second-order valence-electron chi connectivity index (χ2n) is 6.83. The molecule has 0 aliphatic carbocycles. The zero-order valence-corrected chi connectivity index (χ0v) is 15.6. The van der Waals surface area contributed by atoms with Crippen molar-refractivity contribution < 1.29 is 22.8 Å². The first-order valence-electron chi connectivity index (χ1n) is 8.36. The Morgan fingerprint density at radius 3 is 2.74 bits per heavy atom. The van der Waals surface area contributed by atoms with Gasteiger partial charge in [-0.1, -0.05) is 6.07 Å². The van der Waals surface area contributed by atoms with Crippen molar-refractivity contribution >= 4 is 28.3 Å². The smallest absolute Gasteiger partial charge is 0.233 e. The molecular weight excluding hydrogens is 379 g/mol. The van der Waals surface area contributed by atoms with Gasteiger partial charge in [0.05, 0.1) is 11.1 Å². The summed E-state index contributed by atoms with van der Waals surface area (Å²) >= 11 is 1.15. The van der Waals surface area contributed by atoms with Crippen LogP contribution in [-0.2, 0) is 16.0 Å². The Labute approximate surface area is 158 Å². The number of carbonyl (C=O) groups is 2. The van der Waals surface area contributed by atoms with Gasteiger partial charge in [-0.05, 0) is 31.9 Å². The zero-order chi connectivity index (χ0) is 19.8. The number of rotatable bonds is 4. The van der Waals surface area contributed by atoms with Crippen LogP contribution in [0.2, 0.25) is 0 Å². The van der Waals surface area contributed by atoms with Crippen LogP contribution in [0.1, 0.15) is 35.9 Å². The Kier molecular flexibility index (Phi) is 5.23. The van der Waals surface area contributed by atoms with Crippen molar-refractivity contribution in [1.82, 2.24) is 10.3 Å². The molecule has 144 valence electrons. The molecule has 0 radical (unpaired) electrons. The third-order valence-electron chi connectivity index (χ3n) is 4.71. The molecule has 27 heavy (non-hydrogen) atoms. The number of hydrogen-bond acceptors (Lipinski definition) is 4. The molecule has 3 rings (SSSR count). The van der Waals surface area contributed by atoms with Crippen molar-refractivity contribution in [3.05, 3.63) is 45.7 Å². The monoisotopic (exact) mass is 397 g/mol. The molecule has 0 spiro atoms. The lowest BCUT2D eigenvalue weighted by molar-refractivity contribution is -0.130. The van der Waals surface area contributed by atoms with Gasteiger partial charge in [0.2, 0.25) is 11.8 Å². The highest BCUT2D eigenvalue weighted by Crippen LogP contribution is 2.31. The average Bonchev–Trinajstić information content (AvgIpc) is 2.97. The minimum absolute atomic E-state index is 0.0143. The highest BCUT2D eigenvalue weighted by atomic mass is 32.1. The van der Waals surface area contributed by atoms with Crippen LogP contribution in [0.5, 0.6) is 0 Å². The summed E-state index contributed by atoms with van der Waals surface area (Å²) in [6.45, 7) is 3.70. The first-order chi connectivity index (χ1) is 12.7. The third-order valence-corrected chi connectivity index (χ3v) is 5.78. The number of aromatic nitrogens is 1. The Hall–Kier alpha value is -2.42. The number of hydrogen-bond donors (Lipinski definition) is 2. The Balaban J connectivity index is 1.74. The van der Waals surface area contributed by atoms with Crippen molar-refractivity contribution in [1.29, 1.82) is 0 Å². The van der Waals surface area contributed by atoms with E-state index >= 15 is 0 Å². The van der Waals surface area contributed by atoms with Gasteiger partial charge >= 0.3 is 0 Å². The molecule has 5 nitrogen and oxygen atoms in total. The molecule has 1 saturated heterocycles. The van der Waals surface area contributed by atoms with E-state index in [-0.39, 0.29) is 36.8 Å². The van der Waals surface area contributed by atoms with Gasteiger partial charge in [-0.15, -0.1) is 11.3 Å². The Bertz CT molecular complexity index is 903. The van der Waals surface area contributed by atoms with Crippen LogP contribution in [-0.4, -0.2) is 23.3 Å². The lowest BCUT2D eigenvalue weighted by Crippen LogP contribution is -2.48. The summed E-state index contributed by atoms with van der Waals surface area (Å²) in [6, 6.07) is 2.07. The topological polar surface area (TPSA) is 71.1 Å². The fourth-order valence-corrected chi connectivity index (χ4v) is 3.80. The van der Waals surface area contributed by atoms with E-state index in [2.05, 4.69) is 15.6 Å². The fraction of sp³-hybridized carbons (Fsp3) is 0.389. The molecule has 1 aromatic carbocycles. The van der Waals surface area contributed by atoms with E-state index in [1.54, 1.807) is 13.8 Å². The summed E-state index contributed by atoms with van der Waals surface area (Å²) in [7, 11) is 0. The van der Waals surface area contributed by atoms with E-state index in [0.717, 1.165) is 17.4 Å². The highest BCUT2D eigenvalue weighted by molar-refractivity contribution is 7.15.